The zero-order valence-corrected chi connectivity index (χ0v) is 5.06. The molecule has 0 aromatic carbocycles. The van der Waals surface area contributed by atoms with Gasteiger partial charge in [-0.05, 0) is 0 Å². The molecule has 1 aromatic rings. The van der Waals surface area contributed by atoms with Crippen LogP contribution in [0.15, 0.2) is 6.20 Å². The van der Waals surface area contributed by atoms with Gasteiger partial charge in [0.25, 0.3) is 0 Å². The summed E-state index contributed by atoms with van der Waals surface area (Å²) in [6.07, 6.45) is 1.36. The first kappa shape index (κ1) is 6.53. The molecule has 0 atom stereocenters. The summed E-state index contributed by atoms with van der Waals surface area (Å²) in [7, 11) is 0. The summed E-state index contributed by atoms with van der Waals surface area (Å²) in [5, 5.41) is 15.1. The second kappa shape index (κ2) is 2.34. The summed E-state index contributed by atoms with van der Waals surface area (Å²) in [6.45, 7) is -0.204. The predicted octanol–water partition coefficient (Wildman–Crippen LogP) is -1.06. The molecule has 0 aliphatic heterocycles. The van der Waals surface area contributed by atoms with Gasteiger partial charge in [0.1, 0.15) is 6.54 Å². The van der Waals surface area contributed by atoms with E-state index < -0.39 is 5.97 Å². The SMILES string of the molecule is Nc1cn(CC(=O)O)nn1. The fourth-order valence-electron chi connectivity index (χ4n) is 0.529. The number of nitrogens with zero attached hydrogens (tertiary/aromatic N) is 3. The molecule has 0 unspecified atom stereocenters. The lowest BCUT2D eigenvalue weighted by atomic mass is 10.6. The van der Waals surface area contributed by atoms with Crippen molar-refractivity contribution < 1.29 is 9.90 Å². The number of nitrogen functional groups attached to an aromatic ring is 1. The molecule has 3 N–H and O–H groups in total. The lowest BCUT2D eigenvalue weighted by molar-refractivity contribution is -0.137. The molecule has 6 heteroatoms. The number of aromatic nitrogens is 3. The maximum absolute atomic E-state index is 10.0. The molecule has 0 aliphatic carbocycles. The highest BCUT2D eigenvalue weighted by atomic mass is 16.4. The van der Waals surface area contributed by atoms with Crippen molar-refractivity contribution in [1.29, 1.82) is 0 Å². The number of anilines is 1. The van der Waals surface area contributed by atoms with Crippen LogP contribution in [0.25, 0.3) is 0 Å². The Balaban J connectivity index is 2.67. The van der Waals surface area contributed by atoms with Crippen molar-refractivity contribution in [1.82, 2.24) is 15.0 Å². The molecule has 0 saturated carbocycles. The van der Waals surface area contributed by atoms with E-state index in [9.17, 15) is 4.79 Å². The third-order valence-corrected chi connectivity index (χ3v) is 0.854. The Labute approximate surface area is 56.3 Å². The quantitative estimate of drug-likeness (QED) is 0.549. The van der Waals surface area contributed by atoms with Gasteiger partial charge < -0.3 is 10.8 Å². The monoisotopic (exact) mass is 142 g/mol. The Morgan fingerprint density at radius 3 is 3.00 bits per heavy atom. The first-order valence-electron chi connectivity index (χ1n) is 2.56. The molecule has 0 bridgehead atoms. The summed E-state index contributed by atoms with van der Waals surface area (Å²) in [6, 6.07) is 0. The topological polar surface area (TPSA) is 94.0 Å². The maximum Gasteiger partial charge on any atom is 0.325 e. The van der Waals surface area contributed by atoms with Crippen molar-refractivity contribution in [2.24, 2.45) is 0 Å². The molecule has 0 spiro atoms. The molecule has 1 aromatic heterocycles. The number of hydrogen-bond donors (Lipinski definition) is 2. The maximum atomic E-state index is 10.0. The van der Waals surface area contributed by atoms with Crippen LogP contribution in [0, 0.1) is 0 Å². The summed E-state index contributed by atoms with van der Waals surface area (Å²) in [4.78, 5) is 10.0. The molecule has 0 amide bonds. The Morgan fingerprint density at radius 2 is 2.60 bits per heavy atom. The highest BCUT2D eigenvalue weighted by molar-refractivity contribution is 5.66. The number of carbonyl (C=O) groups is 1. The van der Waals surface area contributed by atoms with Crippen LogP contribution in [0.2, 0.25) is 0 Å². The molecule has 0 aliphatic rings. The number of carboxylic acid groups (broad SMARTS) is 1. The van der Waals surface area contributed by atoms with E-state index in [4.69, 9.17) is 10.8 Å². The highest BCUT2D eigenvalue weighted by Gasteiger charge is 1.99. The van der Waals surface area contributed by atoms with Gasteiger partial charge in [0.05, 0.1) is 6.20 Å². The smallest absolute Gasteiger partial charge is 0.325 e. The fraction of sp³-hybridized carbons (Fsp3) is 0.250. The molecule has 6 nitrogen and oxygen atoms in total. The van der Waals surface area contributed by atoms with E-state index in [1.165, 1.54) is 6.20 Å². The predicted molar refractivity (Wildman–Crippen MR) is 32.1 cm³/mol. The molecule has 10 heavy (non-hydrogen) atoms. The second-order valence-corrected chi connectivity index (χ2v) is 1.73. The van der Waals surface area contributed by atoms with Crippen LogP contribution >= 0.6 is 0 Å². The van der Waals surface area contributed by atoms with Crippen molar-refractivity contribution in [3.63, 3.8) is 0 Å². The van der Waals surface area contributed by atoms with Crippen molar-refractivity contribution in [3.8, 4) is 0 Å². The summed E-state index contributed by atoms with van der Waals surface area (Å²) in [5.74, 6) is -0.744. The highest BCUT2D eigenvalue weighted by Crippen LogP contribution is 1.90. The van der Waals surface area contributed by atoms with Gasteiger partial charge in [0, 0.05) is 0 Å². The molecule has 0 saturated heterocycles. The molecular formula is C4H6N4O2. The molecule has 0 radical (unpaired) electrons. The number of carboxylic acids is 1. The molecule has 1 heterocycles. The molecule has 0 fully saturated rings. The standard InChI is InChI=1S/C4H6N4O2/c5-3-1-8(7-6-3)2-4(9)10/h1H,2,5H2,(H,9,10). The number of hydrogen-bond acceptors (Lipinski definition) is 4. The first-order valence-corrected chi connectivity index (χ1v) is 2.56. The summed E-state index contributed by atoms with van der Waals surface area (Å²) < 4.78 is 1.15. The number of nitrogens with two attached hydrogens (primary N) is 1. The van der Waals surface area contributed by atoms with E-state index in [2.05, 4.69) is 10.3 Å². The third kappa shape index (κ3) is 1.44. The average molecular weight is 142 g/mol. The Kier molecular flexibility index (Phi) is 1.53. The van der Waals surface area contributed by atoms with Gasteiger partial charge in [-0.15, -0.1) is 5.10 Å². The van der Waals surface area contributed by atoms with Crippen molar-refractivity contribution in [3.05, 3.63) is 6.20 Å². The van der Waals surface area contributed by atoms with E-state index in [1.54, 1.807) is 0 Å². The van der Waals surface area contributed by atoms with Crippen LogP contribution in [-0.2, 0) is 11.3 Å². The van der Waals surface area contributed by atoms with Crippen LogP contribution in [0.4, 0.5) is 5.82 Å². The zero-order valence-electron chi connectivity index (χ0n) is 5.06. The van der Waals surface area contributed by atoms with Crippen LogP contribution in [0.1, 0.15) is 0 Å². The van der Waals surface area contributed by atoms with Crippen LogP contribution in [0.3, 0.4) is 0 Å². The van der Waals surface area contributed by atoms with E-state index in [0.29, 0.717) is 0 Å². The van der Waals surface area contributed by atoms with E-state index in [0.717, 1.165) is 4.68 Å². The van der Waals surface area contributed by atoms with Crippen LogP contribution in [-0.4, -0.2) is 26.1 Å². The van der Waals surface area contributed by atoms with E-state index in [1.807, 2.05) is 0 Å². The molecule has 54 valence electrons. The summed E-state index contributed by atoms with van der Waals surface area (Å²) >= 11 is 0. The Bertz CT molecular complexity index is 243. The van der Waals surface area contributed by atoms with Gasteiger partial charge in [0.2, 0.25) is 0 Å². The summed E-state index contributed by atoms with van der Waals surface area (Å²) in [5.41, 5.74) is 5.17. The van der Waals surface area contributed by atoms with Gasteiger partial charge in [-0.2, -0.15) is 0 Å². The minimum absolute atomic E-state index is 0.204. The fourth-order valence-corrected chi connectivity index (χ4v) is 0.529. The largest absolute Gasteiger partial charge is 0.480 e. The Morgan fingerprint density at radius 1 is 1.90 bits per heavy atom. The minimum atomic E-state index is -0.968. The minimum Gasteiger partial charge on any atom is -0.480 e. The third-order valence-electron chi connectivity index (χ3n) is 0.854. The van der Waals surface area contributed by atoms with E-state index in [-0.39, 0.29) is 12.4 Å². The lowest BCUT2D eigenvalue weighted by Crippen LogP contribution is -2.08. The zero-order chi connectivity index (χ0) is 7.56. The van der Waals surface area contributed by atoms with Gasteiger partial charge in [0.15, 0.2) is 5.82 Å². The number of rotatable bonds is 2. The second-order valence-electron chi connectivity index (χ2n) is 1.73. The van der Waals surface area contributed by atoms with Crippen molar-refractivity contribution in [2.75, 3.05) is 5.73 Å². The van der Waals surface area contributed by atoms with Crippen molar-refractivity contribution >= 4 is 11.8 Å². The van der Waals surface area contributed by atoms with Crippen LogP contribution < -0.4 is 5.73 Å². The molecule has 1 rings (SSSR count). The normalized spacial score (nSPS) is 9.60. The van der Waals surface area contributed by atoms with E-state index >= 15 is 0 Å². The Hall–Kier alpha value is -1.59. The average Bonchev–Trinajstić information content (AvgIpc) is 2.13. The number of aliphatic carboxylic acids is 1. The van der Waals surface area contributed by atoms with Gasteiger partial charge >= 0.3 is 5.97 Å². The van der Waals surface area contributed by atoms with Gasteiger partial charge in [-0.25, -0.2) is 4.68 Å². The van der Waals surface area contributed by atoms with Crippen LogP contribution in [0.5, 0.6) is 0 Å². The molecular weight excluding hydrogens is 136 g/mol. The van der Waals surface area contributed by atoms with Crippen molar-refractivity contribution in [2.45, 2.75) is 6.54 Å². The first-order chi connectivity index (χ1) is 4.68. The van der Waals surface area contributed by atoms with Gasteiger partial charge in [-0.1, -0.05) is 5.21 Å². The lowest BCUT2D eigenvalue weighted by Gasteiger charge is -1.89. The van der Waals surface area contributed by atoms with Gasteiger partial charge in [-0.3, -0.25) is 4.79 Å².